The molecule has 1 aliphatic rings. The highest BCUT2D eigenvalue weighted by Gasteiger charge is 2.21. The summed E-state index contributed by atoms with van der Waals surface area (Å²) in [5.74, 6) is -0.00605. The minimum absolute atomic E-state index is 0.00605. The summed E-state index contributed by atoms with van der Waals surface area (Å²) < 4.78 is 1.93. The molecule has 0 fully saturated rings. The lowest BCUT2D eigenvalue weighted by Crippen LogP contribution is -2.24. The first kappa shape index (κ1) is 10.2. The highest BCUT2D eigenvalue weighted by atomic mass is 16.3. The van der Waals surface area contributed by atoms with Gasteiger partial charge in [-0.2, -0.15) is 0 Å². The molecule has 0 aromatic carbocycles. The van der Waals surface area contributed by atoms with Gasteiger partial charge >= 0.3 is 0 Å². The van der Waals surface area contributed by atoms with Crippen molar-refractivity contribution in [2.75, 3.05) is 7.05 Å². The monoisotopic (exact) mass is 208 g/mol. The molecule has 0 spiro atoms. The van der Waals surface area contributed by atoms with Crippen LogP contribution in [0.1, 0.15) is 30.2 Å². The molecule has 0 saturated heterocycles. The third-order valence-electron chi connectivity index (χ3n) is 2.96. The number of amides is 1. The first-order valence-electron chi connectivity index (χ1n) is 5.29. The van der Waals surface area contributed by atoms with Crippen molar-refractivity contribution in [3.05, 3.63) is 23.5 Å². The van der Waals surface area contributed by atoms with Crippen molar-refractivity contribution in [3.63, 3.8) is 0 Å². The minimum atomic E-state index is -0.348. The van der Waals surface area contributed by atoms with Crippen LogP contribution in [-0.4, -0.2) is 22.6 Å². The van der Waals surface area contributed by atoms with Crippen molar-refractivity contribution in [3.8, 4) is 0 Å². The molecule has 1 aliphatic carbocycles. The average molecular weight is 208 g/mol. The van der Waals surface area contributed by atoms with Crippen LogP contribution in [0.4, 0.5) is 0 Å². The lowest BCUT2D eigenvalue weighted by molar-refractivity contribution is -0.121. The molecule has 2 N–H and O–H groups in total. The summed E-state index contributed by atoms with van der Waals surface area (Å²) >= 11 is 0. The van der Waals surface area contributed by atoms with Gasteiger partial charge in [0.15, 0.2) is 0 Å². The van der Waals surface area contributed by atoms with Crippen LogP contribution in [0.3, 0.4) is 0 Å². The standard InChI is InChI=1S/C11H16N2O2/c1-12-11(15)7-13-6-5-8-9(13)3-2-4-10(8)14/h5-6,10,14H,2-4,7H2,1H3,(H,12,15). The molecule has 4 nitrogen and oxygen atoms in total. The topological polar surface area (TPSA) is 54.3 Å². The third kappa shape index (κ3) is 1.90. The van der Waals surface area contributed by atoms with E-state index in [9.17, 15) is 9.90 Å². The van der Waals surface area contributed by atoms with E-state index < -0.39 is 0 Å². The molecule has 0 radical (unpaired) electrons. The van der Waals surface area contributed by atoms with Crippen LogP contribution in [0.15, 0.2) is 12.3 Å². The van der Waals surface area contributed by atoms with E-state index in [1.54, 1.807) is 7.05 Å². The number of carbonyl (C=O) groups excluding carboxylic acids is 1. The first-order valence-corrected chi connectivity index (χ1v) is 5.29. The molecule has 4 heteroatoms. The lowest BCUT2D eigenvalue weighted by atomic mass is 9.95. The van der Waals surface area contributed by atoms with Crippen molar-refractivity contribution in [1.82, 2.24) is 9.88 Å². The number of likely N-dealkylation sites (N-methyl/N-ethyl adjacent to an activating group) is 1. The fraction of sp³-hybridized carbons (Fsp3) is 0.545. The molecule has 1 aromatic rings. The Balaban J connectivity index is 2.23. The maximum absolute atomic E-state index is 11.3. The van der Waals surface area contributed by atoms with Gasteiger partial charge in [-0.05, 0) is 25.3 Å². The zero-order chi connectivity index (χ0) is 10.8. The number of aliphatic hydroxyl groups excluding tert-OH is 1. The van der Waals surface area contributed by atoms with Crippen LogP contribution in [-0.2, 0) is 17.8 Å². The molecule has 0 aliphatic heterocycles. The van der Waals surface area contributed by atoms with Gasteiger partial charge in [-0.1, -0.05) is 0 Å². The van der Waals surface area contributed by atoms with Crippen molar-refractivity contribution in [1.29, 1.82) is 0 Å². The van der Waals surface area contributed by atoms with E-state index in [2.05, 4.69) is 5.32 Å². The third-order valence-corrected chi connectivity index (χ3v) is 2.96. The number of aromatic nitrogens is 1. The molecule has 1 atom stereocenters. The van der Waals surface area contributed by atoms with Crippen molar-refractivity contribution in [2.24, 2.45) is 0 Å². The van der Waals surface area contributed by atoms with Crippen LogP contribution < -0.4 is 5.32 Å². The van der Waals surface area contributed by atoms with Crippen molar-refractivity contribution in [2.45, 2.75) is 31.9 Å². The Labute approximate surface area is 88.9 Å². The van der Waals surface area contributed by atoms with E-state index in [1.807, 2.05) is 16.8 Å². The van der Waals surface area contributed by atoms with E-state index in [0.717, 1.165) is 30.5 Å². The zero-order valence-electron chi connectivity index (χ0n) is 8.86. The van der Waals surface area contributed by atoms with E-state index >= 15 is 0 Å². The van der Waals surface area contributed by atoms with Crippen molar-refractivity contribution >= 4 is 5.91 Å². The van der Waals surface area contributed by atoms with Crippen LogP contribution in [0.5, 0.6) is 0 Å². The van der Waals surface area contributed by atoms with Gasteiger partial charge in [0.05, 0.1) is 6.10 Å². The van der Waals surface area contributed by atoms with Crippen LogP contribution in [0.25, 0.3) is 0 Å². The Morgan fingerprint density at radius 1 is 1.73 bits per heavy atom. The minimum Gasteiger partial charge on any atom is -0.388 e. The predicted octanol–water partition coefficient (Wildman–Crippen LogP) is 0.604. The Hall–Kier alpha value is -1.29. The second-order valence-corrected chi connectivity index (χ2v) is 3.93. The van der Waals surface area contributed by atoms with Gasteiger partial charge < -0.3 is 15.0 Å². The molecule has 1 heterocycles. The summed E-state index contributed by atoms with van der Waals surface area (Å²) in [5, 5.41) is 12.4. The van der Waals surface area contributed by atoms with Crippen molar-refractivity contribution < 1.29 is 9.90 Å². The van der Waals surface area contributed by atoms with Crippen LogP contribution >= 0.6 is 0 Å². The lowest BCUT2D eigenvalue weighted by Gasteiger charge is -2.19. The smallest absolute Gasteiger partial charge is 0.239 e. The van der Waals surface area contributed by atoms with Gasteiger partial charge in [-0.25, -0.2) is 0 Å². The van der Waals surface area contributed by atoms with Gasteiger partial charge in [-0.3, -0.25) is 4.79 Å². The number of nitrogens with zero attached hydrogens (tertiary/aromatic N) is 1. The maximum atomic E-state index is 11.3. The molecule has 82 valence electrons. The number of rotatable bonds is 2. The molecule has 0 saturated carbocycles. The van der Waals surface area contributed by atoms with Gasteiger partial charge in [0, 0.05) is 24.5 Å². The number of carbonyl (C=O) groups is 1. The highest BCUT2D eigenvalue weighted by molar-refractivity contribution is 5.75. The van der Waals surface area contributed by atoms with Crippen LogP contribution in [0, 0.1) is 0 Å². The number of aliphatic hydroxyl groups is 1. The Bertz CT molecular complexity index is 371. The average Bonchev–Trinajstić information content (AvgIpc) is 2.63. The fourth-order valence-electron chi connectivity index (χ4n) is 2.11. The summed E-state index contributed by atoms with van der Waals surface area (Å²) in [6.07, 6.45) is 4.31. The molecule has 15 heavy (non-hydrogen) atoms. The van der Waals surface area contributed by atoms with E-state index in [-0.39, 0.29) is 12.0 Å². The van der Waals surface area contributed by atoms with Crippen LogP contribution in [0.2, 0.25) is 0 Å². The van der Waals surface area contributed by atoms with E-state index in [4.69, 9.17) is 0 Å². The Morgan fingerprint density at radius 3 is 3.27 bits per heavy atom. The second-order valence-electron chi connectivity index (χ2n) is 3.93. The maximum Gasteiger partial charge on any atom is 0.239 e. The predicted molar refractivity (Wildman–Crippen MR) is 56.4 cm³/mol. The summed E-state index contributed by atoms with van der Waals surface area (Å²) in [6, 6.07) is 1.92. The number of hydrogen-bond acceptors (Lipinski definition) is 2. The normalized spacial score (nSPS) is 19.7. The number of hydrogen-bond donors (Lipinski definition) is 2. The molecule has 2 rings (SSSR count). The summed E-state index contributed by atoms with van der Waals surface area (Å²) in [7, 11) is 1.63. The van der Waals surface area contributed by atoms with E-state index in [0.29, 0.717) is 6.54 Å². The summed E-state index contributed by atoms with van der Waals surface area (Å²) in [6.45, 7) is 0.346. The Kier molecular flexibility index (Phi) is 2.77. The summed E-state index contributed by atoms with van der Waals surface area (Å²) in [4.78, 5) is 11.3. The molecule has 1 aromatic heterocycles. The van der Waals surface area contributed by atoms with Gasteiger partial charge in [0.1, 0.15) is 6.54 Å². The summed E-state index contributed by atoms with van der Waals surface area (Å²) in [5.41, 5.74) is 2.10. The highest BCUT2D eigenvalue weighted by Crippen LogP contribution is 2.30. The largest absolute Gasteiger partial charge is 0.388 e. The fourth-order valence-corrected chi connectivity index (χ4v) is 2.11. The van der Waals surface area contributed by atoms with E-state index in [1.165, 1.54) is 0 Å². The second kappa shape index (κ2) is 4.06. The molecular formula is C11H16N2O2. The number of nitrogens with one attached hydrogen (secondary N) is 1. The number of fused-ring (bicyclic) bond motifs is 1. The first-order chi connectivity index (χ1) is 7.22. The molecule has 1 amide bonds. The SMILES string of the molecule is CNC(=O)Cn1ccc2c1CCCC2O. The molecule has 0 bridgehead atoms. The van der Waals surface area contributed by atoms with Gasteiger partial charge in [0.25, 0.3) is 0 Å². The zero-order valence-corrected chi connectivity index (χ0v) is 8.86. The quantitative estimate of drug-likeness (QED) is 0.748. The molecule has 1 unspecified atom stereocenters. The Morgan fingerprint density at radius 2 is 2.53 bits per heavy atom. The van der Waals surface area contributed by atoms with Gasteiger partial charge in [0.2, 0.25) is 5.91 Å². The molecular weight excluding hydrogens is 192 g/mol. The van der Waals surface area contributed by atoms with Gasteiger partial charge in [-0.15, -0.1) is 0 Å².